The van der Waals surface area contributed by atoms with E-state index in [1.807, 2.05) is 37.8 Å². The molecule has 102 valence electrons. The van der Waals surface area contributed by atoms with Gasteiger partial charge in [0.15, 0.2) is 5.13 Å². The van der Waals surface area contributed by atoms with E-state index in [0.29, 0.717) is 6.04 Å². The summed E-state index contributed by atoms with van der Waals surface area (Å²) < 4.78 is 0. The molecule has 0 aliphatic rings. The summed E-state index contributed by atoms with van der Waals surface area (Å²) in [5, 5.41) is 4.32. The van der Waals surface area contributed by atoms with Crippen LogP contribution in [0.5, 0.6) is 0 Å². The van der Waals surface area contributed by atoms with Gasteiger partial charge < -0.3 is 10.2 Å². The van der Waals surface area contributed by atoms with Crippen LogP contribution in [0.15, 0.2) is 30.7 Å². The van der Waals surface area contributed by atoms with Crippen LogP contribution in [0.2, 0.25) is 0 Å². The lowest BCUT2D eigenvalue weighted by molar-refractivity contribution is 0.662. The predicted molar refractivity (Wildman–Crippen MR) is 80.5 cm³/mol. The van der Waals surface area contributed by atoms with Crippen molar-refractivity contribution in [3.63, 3.8) is 0 Å². The van der Waals surface area contributed by atoms with Gasteiger partial charge in [-0.25, -0.2) is 4.98 Å². The smallest absolute Gasteiger partial charge is 0.185 e. The maximum Gasteiger partial charge on any atom is 0.185 e. The van der Waals surface area contributed by atoms with Gasteiger partial charge >= 0.3 is 0 Å². The third kappa shape index (κ3) is 3.52. The highest BCUT2D eigenvalue weighted by molar-refractivity contribution is 7.15. The fraction of sp³-hybridized carbons (Fsp3) is 0.429. The van der Waals surface area contributed by atoms with Gasteiger partial charge in [-0.05, 0) is 38.6 Å². The highest BCUT2D eigenvalue weighted by Crippen LogP contribution is 2.27. The molecule has 2 heterocycles. The van der Waals surface area contributed by atoms with E-state index in [-0.39, 0.29) is 0 Å². The highest BCUT2D eigenvalue weighted by atomic mass is 32.1. The molecule has 2 rings (SSSR count). The number of thiazole rings is 1. The minimum absolute atomic E-state index is 0.353. The number of nitrogens with one attached hydrogen (secondary N) is 1. The van der Waals surface area contributed by atoms with Crippen molar-refractivity contribution in [2.24, 2.45) is 0 Å². The molecule has 0 radical (unpaired) electrons. The van der Waals surface area contributed by atoms with Gasteiger partial charge in [0.1, 0.15) is 0 Å². The number of aromatic nitrogens is 2. The Balaban J connectivity index is 2.11. The number of hydrogen-bond acceptors (Lipinski definition) is 5. The zero-order valence-corrected chi connectivity index (χ0v) is 12.4. The van der Waals surface area contributed by atoms with Crippen LogP contribution in [0.4, 0.5) is 5.13 Å². The molecule has 0 spiro atoms. The zero-order chi connectivity index (χ0) is 13.7. The van der Waals surface area contributed by atoms with Gasteiger partial charge in [-0.2, -0.15) is 0 Å². The molecular formula is C14H20N4S. The summed E-state index contributed by atoms with van der Waals surface area (Å²) >= 11 is 1.75. The number of rotatable bonds is 6. The van der Waals surface area contributed by atoms with E-state index in [4.69, 9.17) is 0 Å². The van der Waals surface area contributed by atoms with Crippen LogP contribution in [0.3, 0.4) is 0 Å². The fourth-order valence-electron chi connectivity index (χ4n) is 1.79. The Morgan fingerprint density at radius 1 is 1.37 bits per heavy atom. The van der Waals surface area contributed by atoms with Crippen LogP contribution >= 0.6 is 11.3 Å². The van der Waals surface area contributed by atoms with E-state index in [0.717, 1.165) is 18.2 Å². The molecular weight excluding hydrogens is 256 g/mol. The molecule has 0 saturated carbocycles. The van der Waals surface area contributed by atoms with Gasteiger partial charge in [0, 0.05) is 42.6 Å². The van der Waals surface area contributed by atoms with Crippen LogP contribution in [0, 0.1) is 0 Å². The number of anilines is 1. The topological polar surface area (TPSA) is 41.1 Å². The van der Waals surface area contributed by atoms with Crippen molar-refractivity contribution in [1.29, 1.82) is 0 Å². The van der Waals surface area contributed by atoms with E-state index in [1.54, 1.807) is 11.3 Å². The van der Waals surface area contributed by atoms with Crippen molar-refractivity contribution in [3.05, 3.63) is 41.2 Å². The Morgan fingerprint density at radius 2 is 2.11 bits per heavy atom. The van der Waals surface area contributed by atoms with Gasteiger partial charge in [0.05, 0.1) is 0 Å². The summed E-state index contributed by atoms with van der Waals surface area (Å²) in [7, 11) is 1.97. The Bertz CT molecular complexity index is 497. The van der Waals surface area contributed by atoms with Crippen LogP contribution < -0.4 is 10.2 Å². The van der Waals surface area contributed by atoms with Crippen molar-refractivity contribution >= 4 is 16.5 Å². The third-order valence-electron chi connectivity index (χ3n) is 3.15. The van der Waals surface area contributed by atoms with Crippen molar-refractivity contribution in [2.75, 3.05) is 18.5 Å². The second-order valence-corrected chi connectivity index (χ2v) is 5.47. The first-order chi connectivity index (χ1) is 9.24. The van der Waals surface area contributed by atoms with Crippen LogP contribution in [-0.2, 0) is 6.54 Å². The van der Waals surface area contributed by atoms with E-state index in [1.165, 1.54) is 10.4 Å². The van der Waals surface area contributed by atoms with Crippen molar-refractivity contribution in [1.82, 2.24) is 15.3 Å². The summed E-state index contributed by atoms with van der Waals surface area (Å²) in [6.07, 6.45) is 5.63. The monoisotopic (exact) mass is 276 g/mol. The average Bonchev–Trinajstić information content (AvgIpc) is 2.94. The minimum atomic E-state index is 0.353. The molecule has 2 aromatic rings. The van der Waals surface area contributed by atoms with Gasteiger partial charge in [-0.3, -0.25) is 4.98 Å². The zero-order valence-electron chi connectivity index (χ0n) is 11.6. The van der Waals surface area contributed by atoms with Gasteiger partial charge in [-0.1, -0.05) is 0 Å². The van der Waals surface area contributed by atoms with Crippen molar-refractivity contribution in [3.8, 4) is 0 Å². The molecule has 0 aliphatic heterocycles. The van der Waals surface area contributed by atoms with Crippen LogP contribution in [0.1, 0.15) is 30.3 Å². The summed E-state index contributed by atoms with van der Waals surface area (Å²) in [4.78, 5) is 12.1. The molecule has 5 heteroatoms. The normalized spacial score (nSPS) is 12.4. The van der Waals surface area contributed by atoms with Gasteiger partial charge in [0.2, 0.25) is 0 Å². The summed E-state index contributed by atoms with van der Waals surface area (Å²) in [6, 6.07) is 4.45. The third-order valence-corrected chi connectivity index (χ3v) is 4.39. The summed E-state index contributed by atoms with van der Waals surface area (Å²) in [5.41, 5.74) is 1.26. The molecule has 1 N–H and O–H groups in total. The molecule has 1 atom stereocenters. The number of hydrogen-bond donors (Lipinski definition) is 1. The van der Waals surface area contributed by atoms with Crippen LogP contribution in [0.25, 0.3) is 0 Å². The molecule has 4 nitrogen and oxygen atoms in total. The Hall–Kier alpha value is -1.46. The molecule has 0 aliphatic carbocycles. The van der Waals surface area contributed by atoms with E-state index in [9.17, 15) is 0 Å². The lowest BCUT2D eigenvalue weighted by atomic mass is 10.2. The van der Waals surface area contributed by atoms with Crippen LogP contribution in [-0.4, -0.2) is 23.6 Å². The van der Waals surface area contributed by atoms with Gasteiger partial charge in [0.25, 0.3) is 0 Å². The second kappa shape index (κ2) is 6.63. The first-order valence-electron chi connectivity index (χ1n) is 6.51. The molecule has 0 bridgehead atoms. The first-order valence-corrected chi connectivity index (χ1v) is 7.33. The quantitative estimate of drug-likeness (QED) is 0.881. The number of nitrogens with zero attached hydrogens (tertiary/aromatic N) is 3. The molecule has 0 saturated heterocycles. The molecule has 0 amide bonds. The van der Waals surface area contributed by atoms with E-state index >= 15 is 0 Å². The number of pyridine rings is 1. The molecule has 2 aromatic heterocycles. The minimum Gasteiger partial charge on any atom is -0.344 e. The average molecular weight is 276 g/mol. The Kier molecular flexibility index (Phi) is 4.87. The fourth-order valence-corrected chi connectivity index (χ4v) is 2.83. The molecule has 19 heavy (non-hydrogen) atoms. The van der Waals surface area contributed by atoms with E-state index < -0.39 is 0 Å². The standard InChI is InChI=1S/C14H20N4S/c1-4-18(10-12-5-7-16-8-6-12)14-17-9-13(19-14)11(2)15-3/h5-9,11,15H,4,10H2,1-3H3. The molecule has 1 unspecified atom stereocenters. The second-order valence-electron chi connectivity index (χ2n) is 4.43. The lowest BCUT2D eigenvalue weighted by Gasteiger charge is -2.19. The largest absolute Gasteiger partial charge is 0.344 e. The van der Waals surface area contributed by atoms with Gasteiger partial charge in [-0.15, -0.1) is 11.3 Å². The lowest BCUT2D eigenvalue weighted by Crippen LogP contribution is -2.21. The molecule has 0 fully saturated rings. The summed E-state index contributed by atoms with van der Waals surface area (Å²) in [5.74, 6) is 0. The van der Waals surface area contributed by atoms with Crippen molar-refractivity contribution < 1.29 is 0 Å². The molecule has 0 aromatic carbocycles. The predicted octanol–water partition coefficient (Wildman–Crippen LogP) is 2.85. The maximum absolute atomic E-state index is 4.54. The Labute approximate surface area is 118 Å². The highest BCUT2D eigenvalue weighted by Gasteiger charge is 2.12. The SMILES string of the molecule is CCN(Cc1ccncc1)c1ncc(C(C)NC)s1. The van der Waals surface area contributed by atoms with E-state index in [2.05, 4.69) is 34.0 Å². The van der Waals surface area contributed by atoms with Crippen molar-refractivity contribution in [2.45, 2.75) is 26.4 Å². The summed E-state index contributed by atoms with van der Waals surface area (Å²) in [6.45, 7) is 6.13. The Morgan fingerprint density at radius 3 is 2.74 bits per heavy atom. The first kappa shape index (κ1) is 14.0. The maximum atomic E-state index is 4.54.